The number of nitriles is 1. The van der Waals surface area contributed by atoms with Crippen LogP contribution < -0.4 is 5.56 Å². The van der Waals surface area contributed by atoms with Gasteiger partial charge in [0.25, 0.3) is 5.56 Å². The third-order valence-corrected chi connectivity index (χ3v) is 2.06. The van der Waals surface area contributed by atoms with Crippen LogP contribution in [0.15, 0.2) is 41.6 Å². The maximum absolute atomic E-state index is 11.4. The average Bonchev–Trinajstić information content (AvgIpc) is 2.30. The molecule has 2 aromatic heterocycles. The number of pyridine rings is 2. The fourth-order valence-electron chi connectivity index (χ4n) is 1.36. The van der Waals surface area contributed by atoms with Crippen molar-refractivity contribution in [2.24, 2.45) is 0 Å². The van der Waals surface area contributed by atoms with Crippen LogP contribution in [0.4, 0.5) is 0 Å². The fraction of sp³-hybridized carbons (Fsp3) is 0. The highest BCUT2D eigenvalue weighted by atomic mass is 16.1. The molecular formula is C11H7N3O. The van der Waals surface area contributed by atoms with Crippen LogP contribution in [0.2, 0.25) is 0 Å². The van der Waals surface area contributed by atoms with Crippen molar-refractivity contribution >= 4 is 0 Å². The van der Waals surface area contributed by atoms with Gasteiger partial charge in [0.1, 0.15) is 11.6 Å². The fourth-order valence-corrected chi connectivity index (χ4v) is 1.36. The molecule has 0 unspecified atom stereocenters. The van der Waals surface area contributed by atoms with Gasteiger partial charge in [-0.15, -0.1) is 0 Å². The minimum absolute atomic E-state index is 0.128. The van der Waals surface area contributed by atoms with Gasteiger partial charge >= 0.3 is 0 Å². The topological polar surface area (TPSA) is 69.5 Å². The lowest BCUT2D eigenvalue weighted by molar-refractivity contribution is 1.21. The Labute approximate surface area is 85.8 Å². The van der Waals surface area contributed by atoms with E-state index in [4.69, 9.17) is 5.26 Å². The zero-order valence-corrected chi connectivity index (χ0v) is 7.77. The lowest BCUT2D eigenvalue weighted by Gasteiger charge is -2.01. The third-order valence-electron chi connectivity index (χ3n) is 2.06. The SMILES string of the molecule is N#Cc1c(-c2ccncc2)cc[nH]c1=O. The summed E-state index contributed by atoms with van der Waals surface area (Å²) in [6.45, 7) is 0. The van der Waals surface area contributed by atoms with Gasteiger partial charge in [0.15, 0.2) is 0 Å². The zero-order chi connectivity index (χ0) is 10.7. The standard InChI is InChI=1S/C11H7N3O/c12-7-10-9(3-6-14-11(10)15)8-1-4-13-5-2-8/h1-6H,(H,14,15). The van der Waals surface area contributed by atoms with E-state index in [-0.39, 0.29) is 11.1 Å². The molecular weight excluding hydrogens is 190 g/mol. The Morgan fingerprint density at radius 1 is 1.27 bits per heavy atom. The summed E-state index contributed by atoms with van der Waals surface area (Å²) in [5.41, 5.74) is 1.20. The lowest BCUT2D eigenvalue weighted by Crippen LogP contribution is -2.10. The number of nitrogens with zero attached hydrogens (tertiary/aromatic N) is 2. The van der Waals surface area contributed by atoms with Crippen molar-refractivity contribution in [3.05, 3.63) is 52.7 Å². The average molecular weight is 197 g/mol. The van der Waals surface area contributed by atoms with Crippen LogP contribution in [0.1, 0.15) is 5.56 Å². The Balaban J connectivity index is 2.70. The van der Waals surface area contributed by atoms with Crippen molar-refractivity contribution in [1.82, 2.24) is 9.97 Å². The molecule has 0 amide bonds. The molecule has 4 nitrogen and oxygen atoms in total. The maximum atomic E-state index is 11.4. The maximum Gasteiger partial charge on any atom is 0.266 e. The quantitative estimate of drug-likeness (QED) is 0.749. The molecule has 0 saturated heterocycles. The van der Waals surface area contributed by atoms with Gasteiger partial charge in [-0.3, -0.25) is 9.78 Å². The number of hydrogen-bond donors (Lipinski definition) is 1. The van der Waals surface area contributed by atoms with Crippen molar-refractivity contribution < 1.29 is 0 Å². The van der Waals surface area contributed by atoms with Gasteiger partial charge in [-0.25, -0.2) is 0 Å². The van der Waals surface area contributed by atoms with Gasteiger partial charge < -0.3 is 4.98 Å². The molecule has 0 radical (unpaired) electrons. The van der Waals surface area contributed by atoms with E-state index in [1.165, 1.54) is 6.20 Å². The molecule has 2 rings (SSSR count). The molecule has 0 fully saturated rings. The van der Waals surface area contributed by atoms with E-state index < -0.39 is 0 Å². The first-order valence-electron chi connectivity index (χ1n) is 4.35. The summed E-state index contributed by atoms with van der Waals surface area (Å²) >= 11 is 0. The summed E-state index contributed by atoms with van der Waals surface area (Å²) in [6.07, 6.45) is 4.77. The summed E-state index contributed by atoms with van der Waals surface area (Å²) < 4.78 is 0. The second kappa shape index (κ2) is 3.76. The van der Waals surface area contributed by atoms with Crippen molar-refractivity contribution in [3.63, 3.8) is 0 Å². The van der Waals surface area contributed by atoms with E-state index in [2.05, 4.69) is 9.97 Å². The van der Waals surface area contributed by atoms with Crippen molar-refractivity contribution in [2.75, 3.05) is 0 Å². The molecule has 0 saturated carbocycles. The molecule has 0 aliphatic rings. The molecule has 2 heterocycles. The summed E-state index contributed by atoms with van der Waals surface area (Å²) in [4.78, 5) is 17.7. The minimum atomic E-state index is -0.369. The van der Waals surface area contributed by atoms with Crippen LogP contribution in [-0.4, -0.2) is 9.97 Å². The van der Waals surface area contributed by atoms with E-state index in [1.807, 2.05) is 6.07 Å². The molecule has 2 aromatic rings. The summed E-state index contributed by atoms with van der Waals surface area (Å²) in [7, 11) is 0. The normalized spacial score (nSPS) is 9.53. The molecule has 0 aromatic carbocycles. The third kappa shape index (κ3) is 1.63. The number of hydrogen-bond acceptors (Lipinski definition) is 3. The molecule has 4 heteroatoms. The van der Waals surface area contributed by atoms with Gasteiger partial charge in [0, 0.05) is 24.2 Å². The molecule has 15 heavy (non-hydrogen) atoms. The molecule has 0 atom stereocenters. The van der Waals surface area contributed by atoms with Gasteiger partial charge in [0.05, 0.1) is 0 Å². The Bertz CT molecular complexity index is 566. The molecule has 0 bridgehead atoms. The first-order chi connectivity index (χ1) is 7.33. The predicted octanol–water partition coefficient (Wildman–Crippen LogP) is 1.31. The van der Waals surface area contributed by atoms with Gasteiger partial charge in [-0.2, -0.15) is 5.26 Å². The van der Waals surface area contributed by atoms with Crippen LogP contribution in [0.25, 0.3) is 11.1 Å². The molecule has 0 aliphatic carbocycles. The minimum Gasteiger partial charge on any atom is -0.328 e. The molecule has 1 N–H and O–H groups in total. The Morgan fingerprint density at radius 2 is 2.00 bits per heavy atom. The van der Waals surface area contributed by atoms with E-state index in [0.717, 1.165) is 5.56 Å². The Morgan fingerprint density at radius 3 is 2.67 bits per heavy atom. The van der Waals surface area contributed by atoms with Gasteiger partial charge in [0.2, 0.25) is 0 Å². The van der Waals surface area contributed by atoms with Crippen LogP contribution in [-0.2, 0) is 0 Å². The molecule has 72 valence electrons. The first-order valence-corrected chi connectivity index (χ1v) is 4.35. The highest BCUT2D eigenvalue weighted by Gasteiger charge is 2.07. The zero-order valence-electron chi connectivity index (χ0n) is 7.77. The number of rotatable bonds is 1. The highest BCUT2D eigenvalue weighted by molar-refractivity contribution is 5.68. The van der Waals surface area contributed by atoms with Crippen molar-refractivity contribution in [2.45, 2.75) is 0 Å². The van der Waals surface area contributed by atoms with E-state index in [9.17, 15) is 4.79 Å². The Hall–Kier alpha value is -2.41. The summed E-state index contributed by atoms with van der Waals surface area (Å²) in [5.74, 6) is 0. The summed E-state index contributed by atoms with van der Waals surface area (Å²) in [6, 6.07) is 7.12. The van der Waals surface area contributed by atoms with Crippen LogP contribution in [0, 0.1) is 11.3 Å². The van der Waals surface area contributed by atoms with Crippen LogP contribution in [0.5, 0.6) is 0 Å². The van der Waals surface area contributed by atoms with E-state index >= 15 is 0 Å². The largest absolute Gasteiger partial charge is 0.328 e. The first kappa shape index (κ1) is 9.16. The number of aromatic nitrogens is 2. The van der Waals surface area contributed by atoms with Crippen molar-refractivity contribution in [1.29, 1.82) is 5.26 Å². The van der Waals surface area contributed by atoms with Crippen molar-refractivity contribution in [3.8, 4) is 17.2 Å². The van der Waals surface area contributed by atoms with E-state index in [0.29, 0.717) is 5.56 Å². The van der Waals surface area contributed by atoms with E-state index in [1.54, 1.807) is 30.6 Å². The second-order valence-electron chi connectivity index (χ2n) is 2.94. The van der Waals surface area contributed by atoms with Gasteiger partial charge in [-0.05, 0) is 23.8 Å². The molecule has 0 spiro atoms. The van der Waals surface area contributed by atoms with Crippen LogP contribution >= 0.6 is 0 Å². The number of aromatic amines is 1. The lowest BCUT2D eigenvalue weighted by atomic mass is 10.0. The number of nitrogens with one attached hydrogen (secondary N) is 1. The summed E-state index contributed by atoms with van der Waals surface area (Å²) in [5, 5.41) is 8.87. The second-order valence-corrected chi connectivity index (χ2v) is 2.94. The number of H-pyrrole nitrogens is 1. The Kier molecular flexibility index (Phi) is 2.30. The smallest absolute Gasteiger partial charge is 0.266 e. The highest BCUT2D eigenvalue weighted by Crippen LogP contribution is 2.18. The monoisotopic (exact) mass is 197 g/mol. The van der Waals surface area contributed by atoms with Crippen LogP contribution in [0.3, 0.4) is 0 Å². The predicted molar refractivity (Wildman–Crippen MR) is 55.0 cm³/mol. The van der Waals surface area contributed by atoms with Gasteiger partial charge in [-0.1, -0.05) is 0 Å². The molecule has 0 aliphatic heterocycles.